The zero-order chi connectivity index (χ0) is 16.9. The van der Waals surface area contributed by atoms with Crippen molar-refractivity contribution >= 4 is 33.1 Å². The summed E-state index contributed by atoms with van der Waals surface area (Å²) in [6, 6.07) is -0.632. The third-order valence-corrected chi connectivity index (χ3v) is 6.55. The minimum Gasteiger partial charge on any atom is -0.346 e. The molecule has 7 nitrogen and oxygen atoms in total. The normalized spacial score (nSPS) is 20.2. The number of hydrogen-bond acceptors (Lipinski definition) is 6. The van der Waals surface area contributed by atoms with E-state index in [2.05, 4.69) is 10.3 Å². The quantitative estimate of drug-likeness (QED) is 0.818. The molecule has 1 amide bonds. The van der Waals surface area contributed by atoms with Gasteiger partial charge in [0.05, 0.1) is 12.6 Å². The first kappa shape index (κ1) is 18.0. The molecule has 2 heterocycles. The van der Waals surface area contributed by atoms with Crippen LogP contribution >= 0.6 is 11.3 Å². The maximum absolute atomic E-state index is 12.4. The SMILES string of the molecule is CCC[CH]C(=O)NC1CCCN(S(=O)(=O)c2nccs2)CC1=O. The van der Waals surface area contributed by atoms with Gasteiger partial charge < -0.3 is 5.32 Å². The second kappa shape index (κ2) is 7.98. The number of amides is 1. The van der Waals surface area contributed by atoms with Crippen LogP contribution in [0.2, 0.25) is 0 Å². The summed E-state index contributed by atoms with van der Waals surface area (Å²) in [4.78, 5) is 27.9. The number of aromatic nitrogens is 1. The van der Waals surface area contributed by atoms with E-state index in [1.807, 2.05) is 6.92 Å². The van der Waals surface area contributed by atoms with Crippen molar-refractivity contribution in [2.75, 3.05) is 13.1 Å². The Morgan fingerprint density at radius 3 is 3.00 bits per heavy atom. The molecule has 1 aromatic heterocycles. The summed E-state index contributed by atoms with van der Waals surface area (Å²) in [6.07, 6.45) is 5.39. The van der Waals surface area contributed by atoms with E-state index in [-0.39, 0.29) is 29.1 Å². The van der Waals surface area contributed by atoms with Gasteiger partial charge in [-0.15, -0.1) is 11.3 Å². The first-order valence-electron chi connectivity index (χ1n) is 7.51. The van der Waals surface area contributed by atoms with Crippen LogP contribution < -0.4 is 5.32 Å². The van der Waals surface area contributed by atoms with Crippen molar-refractivity contribution in [3.8, 4) is 0 Å². The molecule has 1 atom stereocenters. The lowest BCUT2D eigenvalue weighted by molar-refractivity contribution is -0.126. The molecule has 2 rings (SSSR count). The van der Waals surface area contributed by atoms with Gasteiger partial charge in [-0.05, 0) is 19.3 Å². The summed E-state index contributed by atoms with van der Waals surface area (Å²) < 4.78 is 26.0. The Kier molecular flexibility index (Phi) is 6.25. The molecule has 127 valence electrons. The second-order valence-electron chi connectivity index (χ2n) is 5.30. The number of carbonyl (C=O) groups is 2. The molecule has 0 bridgehead atoms. The number of carbonyl (C=O) groups excluding carboxylic acids is 2. The Bertz CT molecular complexity index is 643. The molecule has 1 aliphatic rings. The number of hydrogen-bond donors (Lipinski definition) is 1. The van der Waals surface area contributed by atoms with E-state index in [1.54, 1.807) is 5.38 Å². The van der Waals surface area contributed by atoms with Gasteiger partial charge in [-0.25, -0.2) is 13.4 Å². The first-order chi connectivity index (χ1) is 10.9. The minimum absolute atomic E-state index is 0.0101. The van der Waals surface area contributed by atoms with Crippen LogP contribution in [0.5, 0.6) is 0 Å². The molecule has 1 unspecified atom stereocenters. The van der Waals surface area contributed by atoms with Crippen LogP contribution in [0, 0.1) is 6.42 Å². The van der Waals surface area contributed by atoms with E-state index in [0.29, 0.717) is 19.3 Å². The number of thiazole rings is 1. The van der Waals surface area contributed by atoms with Crippen LogP contribution in [0.15, 0.2) is 15.9 Å². The van der Waals surface area contributed by atoms with Crippen molar-refractivity contribution < 1.29 is 18.0 Å². The third kappa shape index (κ3) is 4.58. The molecule has 0 aliphatic carbocycles. The predicted octanol–water partition coefficient (Wildman–Crippen LogP) is 0.986. The number of unbranched alkanes of at least 4 members (excludes halogenated alkanes) is 1. The number of nitrogens with one attached hydrogen (secondary N) is 1. The van der Waals surface area contributed by atoms with Crippen LogP contribution in [0.25, 0.3) is 0 Å². The average molecular weight is 358 g/mol. The van der Waals surface area contributed by atoms with Crippen molar-refractivity contribution in [1.29, 1.82) is 0 Å². The van der Waals surface area contributed by atoms with Gasteiger partial charge in [-0.2, -0.15) is 4.31 Å². The molecule has 9 heteroatoms. The highest BCUT2D eigenvalue weighted by atomic mass is 32.2. The van der Waals surface area contributed by atoms with E-state index in [4.69, 9.17) is 0 Å². The zero-order valence-corrected chi connectivity index (χ0v) is 14.5. The monoisotopic (exact) mass is 358 g/mol. The minimum atomic E-state index is -3.74. The fourth-order valence-electron chi connectivity index (χ4n) is 2.31. The summed E-state index contributed by atoms with van der Waals surface area (Å²) in [6.45, 7) is 1.97. The van der Waals surface area contributed by atoms with Crippen LogP contribution in [-0.2, 0) is 19.6 Å². The Morgan fingerprint density at radius 1 is 1.57 bits per heavy atom. The maximum Gasteiger partial charge on any atom is 0.270 e. The molecular formula is C14H20N3O4S2. The summed E-state index contributed by atoms with van der Waals surface area (Å²) in [7, 11) is -3.74. The molecule has 1 aliphatic heterocycles. The molecule has 23 heavy (non-hydrogen) atoms. The molecule has 1 aromatic rings. The summed E-state index contributed by atoms with van der Waals surface area (Å²) >= 11 is 1.03. The Morgan fingerprint density at radius 2 is 2.35 bits per heavy atom. The molecule has 1 radical (unpaired) electrons. The lowest BCUT2D eigenvalue weighted by Gasteiger charge is -2.18. The fraction of sp³-hybridized carbons (Fsp3) is 0.571. The highest BCUT2D eigenvalue weighted by molar-refractivity contribution is 7.91. The van der Waals surface area contributed by atoms with Crippen molar-refractivity contribution in [3.05, 3.63) is 18.0 Å². The van der Waals surface area contributed by atoms with Crippen molar-refractivity contribution in [3.63, 3.8) is 0 Å². The van der Waals surface area contributed by atoms with Gasteiger partial charge >= 0.3 is 0 Å². The van der Waals surface area contributed by atoms with E-state index >= 15 is 0 Å². The highest BCUT2D eigenvalue weighted by Gasteiger charge is 2.33. The van der Waals surface area contributed by atoms with Gasteiger partial charge in [0, 0.05) is 24.5 Å². The largest absolute Gasteiger partial charge is 0.346 e. The number of ketones is 1. The van der Waals surface area contributed by atoms with Gasteiger partial charge in [0.25, 0.3) is 10.0 Å². The topological polar surface area (TPSA) is 96.4 Å². The van der Waals surface area contributed by atoms with Gasteiger partial charge in [0.1, 0.15) is 0 Å². The molecule has 0 saturated carbocycles. The summed E-state index contributed by atoms with van der Waals surface area (Å²) in [5.74, 6) is -0.567. The molecular weight excluding hydrogens is 338 g/mol. The second-order valence-corrected chi connectivity index (χ2v) is 8.31. The van der Waals surface area contributed by atoms with Crippen LogP contribution in [0.4, 0.5) is 0 Å². The lowest BCUT2D eigenvalue weighted by Crippen LogP contribution is -2.44. The van der Waals surface area contributed by atoms with Crippen LogP contribution in [0.3, 0.4) is 0 Å². The Labute approximate surface area is 140 Å². The Balaban J connectivity index is 2.02. The summed E-state index contributed by atoms with van der Waals surface area (Å²) in [5.41, 5.74) is 0. The molecule has 0 spiro atoms. The van der Waals surface area contributed by atoms with Gasteiger partial charge in [0.15, 0.2) is 5.78 Å². The van der Waals surface area contributed by atoms with Crippen molar-refractivity contribution in [2.45, 2.75) is 43.0 Å². The Hall–Kier alpha value is -1.32. The maximum atomic E-state index is 12.4. The molecule has 1 N–H and O–H groups in total. The number of sulfonamides is 1. The van der Waals surface area contributed by atoms with Gasteiger partial charge in [0.2, 0.25) is 10.2 Å². The highest BCUT2D eigenvalue weighted by Crippen LogP contribution is 2.21. The van der Waals surface area contributed by atoms with Crippen molar-refractivity contribution in [1.82, 2.24) is 14.6 Å². The lowest BCUT2D eigenvalue weighted by atomic mass is 10.1. The van der Waals surface area contributed by atoms with E-state index in [1.165, 1.54) is 12.6 Å². The number of nitrogens with zero attached hydrogens (tertiary/aromatic N) is 2. The molecule has 1 saturated heterocycles. The zero-order valence-electron chi connectivity index (χ0n) is 12.9. The molecule has 0 aromatic carbocycles. The fourth-order valence-corrected chi connectivity index (χ4v) is 4.72. The first-order valence-corrected chi connectivity index (χ1v) is 9.83. The van der Waals surface area contributed by atoms with Crippen LogP contribution in [-0.4, -0.2) is 48.5 Å². The van der Waals surface area contributed by atoms with E-state index in [0.717, 1.165) is 22.1 Å². The smallest absolute Gasteiger partial charge is 0.270 e. The predicted molar refractivity (Wildman–Crippen MR) is 86.3 cm³/mol. The van der Waals surface area contributed by atoms with Crippen LogP contribution in [0.1, 0.15) is 32.6 Å². The average Bonchev–Trinajstić information content (AvgIpc) is 2.99. The van der Waals surface area contributed by atoms with Crippen molar-refractivity contribution in [2.24, 2.45) is 0 Å². The van der Waals surface area contributed by atoms with Gasteiger partial charge in [-0.3, -0.25) is 9.59 Å². The standard InChI is InChI=1S/C14H20N3O4S2/c1-2-3-6-13(19)16-11-5-4-8-17(10-12(11)18)23(20,21)14-15-7-9-22-14/h6-7,9,11H,2-5,8,10H2,1H3,(H,16,19). The van der Waals surface area contributed by atoms with E-state index in [9.17, 15) is 18.0 Å². The van der Waals surface area contributed by atoms with Gasteiger partial charge in [-0.1, -0.05) is 13.3 Å². The third-order valence-electron chi connectivity index (χ3n) is 3.53. The number of rotatable bonds is 6. The molecule has 1 fully saturated rings. The summed E-state index contributed by atoms with van der Waals surface area (Å²) in [5, 5.41) is 4.25. The number of Topliss-reactive ketones (excluding diaryl/α,β-unsaturated/α-hetero) is 1. The van der Waals surface area contributed by atoms with E-state index < -0.39 is 16.1 Å².